The number of aromatic nitrogens is 4. The van der Waals surface area contributed by atoms with E-state index in [1.807, 2.05) is 6.07 Å². The van der Waals surface area contributed by atoms with Crippen molar-refractivity contribution < 1.29 is 4.79 Å². The van der Waals surface area contributed by atoms with E-state index in [0.29, 0.717) is 40.3 Å². The Balaban J connectivity index is 1.52. The van der Waals surface area contributed by atoms with Gasteiger partial charge in [0.1, 0.15) is 12.1 Å². The molecule has 25 heavy (non-hydrogen) atoms. The van der Waals surface area contributed by atoms with Crippen LogP contribution in [-0.4, -0.2) is 38.7 Å². The van der Waals surface area contributed by atoms with Crippen molar-refractivity contribution in [1.82, 2.24) is 25.1 Å². The van der Waals surface area contributed by atoms with Crippen LogP contribution in [0.5, 0.6) is 0 Å². The van der Waals surface area contributed by atoms with E-state index in [9.17, 15) is 4.79 Å². The van der Waals surface area contributed by atoms with Gasteiger partial charge in [-0.3, -0.25) is 4.79 Å². The second kappa shape index (κ2) is 7.96. The lowest BCUT2D eigenvalue weighted by atomic mass is 10.2. The fourth-order valence-corrected chi connectivity index (χ4v) is 2.60. The maximum absolute atomic E-state index is 12.1. The monoisotopic (exact) mass is 376 g/mol. The van der Waals surface area contributed by atoms with E-state index < -0.39 is 0 Å². The first-order valence-corrected chi connectivity index (χ1v) is 8.18. The van der Waals surface area contributed by atoms with Crippen LogP contribution in [0, 0.1) is 0 Å². The molecule has 0 aliphatic heterocycles. The molecule has 0 atom stereocenters. The molecule has 3 rings (SSSR count). The summed E-state index contributed by atoms with van der Waals surface area (Å²) in [4.78, 5) is 20.4. The maximum atomic E-state index is 12.1. The molecule has 0 aliphatic rings. The smallest absolute Gasteiger partial charge is 0.252 e. The molecule has 0 unspecified atom stereocenters. The summed E-state index contributed by atoms with van der Waals surface area (Å²) < 4.78 is 1.64. The minimum Gasteiger partial charge on any atom is -0.368 e. The van der Waals surface area contributed by atoms with Gasteiger partial charge in [-0.15, -0.1) is 0 Å². The summed E-state index contributed by atoms with van der Waals surface area (Å²) in [6.45, 7) is 0.894. The lowest BCUT2D eigenvalue weighted by molar-refractivity contribution is 0.0955. The van der Waals surface area contributed by atoms with Gasteiger partial charge in [0, 0.05) is 36.6 Å². The van der Waals surface area contributed by atoms with Crippen LogP contribution in [-0.2, 0) is 0 Å². The summed E-state index contributed by atoms with van der Waals surface area (Å²) in [6.07, 6.45) is 4.92. The number of hydrogen-bond donors (Lipinski definition) is 2. The van der Waals surface area contributed by atoms with Crippen molar-refractivity contribution in [3.05, 3.63) is 64.7 Å². The fraction of sp³-hybridized carbons (Fsp3) is 0.125. The van der Waals surface area contributed by atoms with Crippen molar-refractivity contribution in [3.8, 4) is 5.82 Å². The van der Waals surface area contributed by atoms with Gasteiger partial charge in [-0.25, -0.2) is 14.6 Å². The lowest BCUT2D eigenvalue weighted by Crippen LogP contribution is -2.29. The number of nitrogens with one attached hydrogen (secondary N) is 2. The predicted octanol–water partition coefficient (Wildman–Crippen LogP) is 2.81. The number of anilines is 1. The first-order valence-electron chi connectivity index (χ1n) is 7.42. The summed E-state index contributed by atoms with van der Waals surface area (Å²) in [5.41, 5.74) is 0.383. The van der Waals surface area contributed by atoms with Gasteiger partial charge < -0.3 is 10.6 Å². The second-order valence-electron chi connectivity index (χ2n) is 5.02. The summed E-state index contributed by atoms with van der Waals surface area (Å²) in [5.74, 6) is 1.03. The molecule has 128 valence electrons. The molecular formula is C16H14Cl2N6O. The normalized spacial score (nSPS) is 10.5. The van der Waals surface area contributed by atoms with Crippen molar-refractivity contribution >= 4 is 34.9 Å². The third-order valence-electron chi connectivity index (χ3n) is 3.28. The number of rotatable bonds is 6. The van der Waals surface area contributed by atoms with Crippen LogP contribution in [0.3, 0.4) is 0 Å². The fourth-order valence-electron chi connectivity index (χ4n) is 2.11. The van der Waals surface area contributed by atoms with Crippen molar-refractivity contribution in [1.29, 1.82) is 0 Å². The van der Waals surface area contributed by atoms with Crippen LogP contribution in [0.4, 0.5) is 5.82 Å². The molecule has 0 fully saturated rings. The van der Waals surface area contributed by atoms with E-state index in [1.54, 1.807) is 35.3 Å². The van der Waals surface area contributed by atoms with E-state index in [1.165, 1.54) is 12.4 Å². The number of carbonyl (C=O) groups is 1. The molecule has 0 radical (unpaired) electrons. The van der Waals surface area contributed by atoms with Crippen LogP contribution in [0.15, 0.2) is 49.1 Å². The summed E-state index contributed by atoms with van der Waals surface area (Å²) in [7, 11) is 0. The first kappa shape index (κ1) is 17.2. The van der Waals surface area contributed by atoms with Crippen molar-refractivity contribution in [2.75, 3.05) is 18.4 Å². The van der Waals surface area contributed by atoms with Gasteiger partial charge in [0.15, 0.2) is 5.82 Å². The molecular weight excluding hydrogens is 363 g/mol. The van der Waals surface area contributed by atoms with Gasteiger partial charge in [-0.2, -0.15) is 5.10 Å². The maximum Gasteiger partial charge on any atom is 0.252 e. The number of hydrogen-bond acceptors (Lipinski definition) is 5. The van der Waals surface area contributed by atoms with Crippen LogP contribution < -0.4 is 10.6 Å². The molecule has 0 aliphatic carbocycles. The minimum atomic E-state index is -0.261. The van der Waals surface area contributed by atoms with E-state index in [2.05, 4.69) is 25.7 Å². The molecule has 2 N–H and O–H groups in total. The van der Waals surface area contributed by atoms with Crippen molar-refractivity contribution in [2.24, 2.45) is 0 Å². The van der Waals surface area contributed by atoms with E-state index in [-0.39, 0.29) is 5.91 Å². The van der Waals surface area contributed by atoms with Gasteiger partial charge in [0.05, 0.1) is 10.6 Å². The molecule has 0 saturated carbocycles. The van der Waals surface area contributed by atoms with Gasteiger partial charge in [0.25, 0.3) is 5.91 Å². The van der Waals surface area contributed by atoms with Gasteiger partial charge in [-0.1, -0.05) is 23.2 Å². The zero-order chi connectivity index (χ0) is 17.6. The summed E-state index contributed by atoms with van der Waals surface area (Å²) in [5, 5.41) is 10.8. The lowest BCUT2D eigenvalue weighted by Gasteiger charge is -2.09. The van der Waals surface area contributed by atoms with Crippen LogP contribution in [0.25, 0.3) is 5.82 Å². The standard InChI is InChI=1S/C16H14Cl2N6O/c17-11-2-3-12(13(18)8-11)16(25)20-6-5-19-14-9-15(22-10-21-14)24-7-1-4-23-24/h1-4,7-10H,5-6H2,(H,20,25)(H,19,21,22). The highest BCUT2D eigenvalue weighted by Crippen LogP contribution is 2.20. The van der Waals surface area contributed by atoms with E-state index >= 15 is 0 Å². The molecule has 2 heterocycles. The number of halogens is 2. The van der Waals surface area contributed by atoms with E-state index in [4.69, 9.17) is 23.2 Å². The Morgan fingerprint density at radius 3 is 2.80 bits per heavy atom. The van der Waals surface area contributed by atoms with Crippen LogP contribution >= 0.6 is 23.2 Å². The Bertz CT molecular complexity index is 869. The Morgan fingerprint density at radius 1 is 1.16 bits per heavy atom. The second-order valence-corrected chi connectivity index (χ2v) is 5.86. The number of nitrogens with zero attached hydrogens (tertiary/aromatic N) is 4. The van der Waals surface area contributed by atoms with Crippen molar-refractivity contribution in [2.45, 2.75) is 0 Å². The highest BCUT2D eigenvalue weighted by atomic mass is 35.5. The zero-order valence-corrected chi connectivity index (χ0v) is 14.5. The third-order valence-corrected chi connectivity index (χ3v) is 3.83. The molecule has 0 spiro atoms. The topological polar surface area (TPSA) is 84.7 Å². The Hall–Kier alpha value is -2.64. The minimum absolute atomic E-state index is 0.261. The van der Waals surface area contributed by atoms with E-state index in [0.717, 1.165) is 0 Å². The largest absolute Gasteiger partial charge is 0.368 e. The van der Waals surface area contributed by atoms with Gasteiger partial charge in [-0.05, 0) is 24.3 Å². The molecule has 2 aromatic heterocycles. The molecule has 1 amide bonds. The number of amides is 1. The Morgan fingerprint density at radius 2 is 2.04 bits per heavy atom. The molecule has 9 heteroatoms. The Labute approximate surface area is 154 Å². The average Bonchev–Trinajstić information content (AvgIpc) is 3.13. The number of carbonyl (C=O) groups excluding carboxylic acids is 1. The van der Waals surface area contributed by atoms with Crippen LogP contribution in [0.2, 0.25) is 10.0 Å². The summed E-state index contributed by atoms with van der Waals surface area (Å²) >= 11 is 11.8. The summed E-state index contributed by atoms with van der Waals surface area (Å²) in [6, 6.07) is 8.33. The number of benzene rings is 1. The SMILES string of the molecule is O=C(NCCNc1cc(-n2cccn2)ncn1)c1ccc(Cl)cc1Cl. The average molecular weight is 377 g/mol. The quantitative estimate of drug-likeness (QED) is 0.646. The Kier molecular flexibility index (Phi) is 5.47. The highest BCUT2D eigenvalue weighted by molar-refractivity contribution is 6.36. The predicted molar refractivity (Wildman–Crippen MR) is 96.4 cm³/mol. The third kappa shape index (κ3) is 4.46. The highest BCUT2D eigenvalue weighted by Gasteiger charge is 2.10. The molecule has 0 bridgehead atoms. The van der Waals surface area contributed by atoms with Gasteiger partial charge >= 0.3 is 0 Å². The molecule has 3 aromatic rings. The molecule has 7 nitrogen and oxygen atoms in total. The van der Waals surface area contributed by atoms with Gasteiger partial charge in [0.2, 0.25) is 0 Å². The first-order chi connectivity index (χ1) is 12.1. The zero-order valence-electron chi connectivity index (χ0n) is 13.0. The molecule has 1 aromatic carbocycles. The van der Waals surface area contributed by atoms with Crippen LogP contribution in [0.1, 0.15) is 10.4 Å². The van der Waals surface area contributed by atoms with Crippen molar-refractivity contribution in [3.63, 3.8) is 0 Å². The molecule has 0 saturated heterocycles.